The molecule has 0 unspecified atom stereocenters. The van der Waals surface area contributed by atoms with Gasteiger partial charge in [-0.2, -0.15) is 0 Å². The second kappa shape index (κ2) is 28.9. The van der Waals surface area contributed by atoms with E-state index < -0.39 is 0 Å². The van der Waals surface area contributed by atoms with E-state index in [1.165, 1.54) is 10.8 Å². The maximum atomic E-state index is 10.1. The molecule has 440 valence electrons. The summed E-state index contributed by atoms with van der Waals surface area (Å²) in [7, 11) is 0. The number of aromatic hydroxyl groups is 2. The van der Waals surface area contributed by atoms with Crippen molar-refractivity contribution in [2.45, 2.75) is 0 Å². The van der Waals surface area contributed by atoms with Gasteiger partial charge in [0, 0.05) is 58.4 Å². The first-order chi connectivity index (χ1) is 43.5. The average molecular weight is 1530 g/mol. The van der Waals surface area contributed by atoms with Crippen molar-refractivity contribution in [3.8, 4) is 56.5 Å². The molecule has 10 aromatic carbocycles. The van der Waals surface area contributed by atoms with Crippen molar-refractivity contribution in [2.24, 2.45) is 0 Å². The minimum atomic E-state index is 0. The van der Waals surface area contributed by atoms with E-state index in [-0.39, 0.29) is 53.9 Å². The van der Waals surface area contributed by atoms with Crippen molar-refractivity contribution in [1.29, 1.82) is 0 Å². The zero-order valence-electron chi connectivity index (χ0n) is 48.0. The third-order valence-corrected chi connectivity index (χ3v) is 14.6. The Morgan fingerprint density at radius 3 is 0.933 bits per heavy atom. The van der Waals surface area contributed by atoms with Crippen LogP contribution >= 0.6 is 0 Å². The minimum absolute atomic E-state index is 0. The molecular weight excluding hydrogens is 1480 g/mol. The summed E-state index contributed by atoms with van der Waals surface area (Å²) in [6.45, 7) is 4.03. The number of aromatic nitrogens is 6. The Balaban J connectivity index is 0.000000124. The van der Waals surface area contributed by atoms with E-state index in [2.05, 4.69) is 115 Å². The largest absolute Gasteiger partial charge is 2.00 e. The van der Waals surface area contributed by atoms with E-state index in [9.17, 15) is 10.2 Å². The van der Waals surface area contributed by atoms with Gasteiger partial charge in [-0.1, -0.05) is 193 Å². The van der Waals surface area contributed by atoms with Gasteiger partial charge in [0.25, 0.3) is 0 Å². The first-order valence-corrected chi connectivity index (χ1v) is 28.5. The van der Waals surface area contributed by atoms with Gasteiger partial charge in [-0.3, -0.25) is 0 Å². The molecule has 2 aliphatic rings. The molecule has 16 rings (SSSR count). The Kier molecular flexibility index (Phi) is 19.6. The van der Waals surface area contributed by atoms with Crippen LogP contribution in [0.4, 0.5) is 46.0 Å². The monoisotopic (exact) mass is 1530 g/mol. The molecule has 4 aromatic heterocycles. The summed E-state index contributed by atoms with van der Waals surface area (Å²) < 4.78 is 0. The first-order valence-electron chi connectivity index (χ1n) is 28.5. The molecule has 0 saturated carbocycles. The molecule has 0 spiro atoms. The van der Waals surface area contributed by atoms with E-state index in [4.69, 9.17) is 0 Å². The maximum absolute atomic E-state index is 10.1. The number of nitrogens with zero attached hydrogens (tertiary/aromatic N) is 10. The Labute approximate surface area is 551 Å². The predicted octanol–water partition coefficient (Wildman–Crippen LogP) is 17.9. The molecule has 12 nitrogen and oxygen atoms in total. The second-order valence-corrected chi connectivity index (χ2v) is 20.3. The SMILES string of the molecule is Oc1nc(-c2ccccc2)ccc1-c1ccccc1.Oc1nc(-c2ccccc2)ccc1-c1ccccc1.[Pt+2].[Pt+2].[c-]1c(N2[CH-]N(c3ccccc3)c3nccnc32)ccc2ccccc12.[c-]1c(N2[CH-]N(c3ccccc3)c3nccnc32)ccc2ccccc12. The number of hydrogen-bond acceptors (Lipinski definition) is 12. The molecule has 0 fully saturated rings. The number of fused-ring (bicyclic) bond motifs is 4. The molecule has 2 N–H and O–H groups in total. The van der Waals surface area contributed by atoms with E-state index in [0.29, 0.717) is 0 Å². The van der Waals surface area contributed by atoms with Crippen molar-refractivity contribution in [1.82, 2.24) is 29.9 Å². The standard InChI is InChI=1S/2C21H14N4.2C17H13NO.2Pt/c2*1-2-8-18(9-3-1)24-15-25(21-20(24)22-12-13-23-21)19-11-10-16-6-4-5-7-17(16)14-19;2*19-17-15(13-7-3-1-4-8-13)11-12-16(18-17)14-9-5-2-6-10-14;;/h2*1-13,15H;2*1-12H,(H,18,19);;/q2*-2;;;2*+2. The number of rotatable bonds is 8. The van der Waals surface area contributed by atoms with Gasteiger partial charge in [-0.15, -0.1) is 95.5 Å². The van der Waals surface area contributed by atoms with E-state index >= 15 is 0 Å². The summed E-state index contributed by atoms with van der Waals surface area (Å²) in [4.78, 5) is 34.9. The molecule has 2 aliphatic heterocycles. The smallest absolute Gasteiger partial charge is 0.493 e. The molecule has 0 aliphatic carbocycles. The van der Waals surface area contributed by atoms with Gasteiger partial charge in [-0.25, -0.2) is 29.9 Å². The Morgan fingerprint density at radius 1 is 0.289 bits per heavy atom. The third kappa shape index (κ3) is 13.7. The molecular formula is C76H54N10O2Pt2. The molecule has 0 amide bonds. The van der Waals surface area contributed by atoms with Crippen LogP contribution in [0.15, 0.2) is 304 Å². The Morgan fingerprint density at radius 2 is 0.589 bits per heavy atom. The second-order valence-electron chi connectivity index (χ2n) is 20.3. The summed E-state index contributed by atoms with van der Waals surface area (Å²) in [6, 6.07) is 98.9. The van der Waals surface area contributed by atoms with Crippen LogP contribution in [-0.2, 0) is 42.1 Å². The summed E-state index contributed by atoms with van der Waals surface area (Å²) >= 11 is 0. The molecule has 0 bridgehead atoms. The van der Waals surface area contributed by atoms with Gasteiger partial charge < -0.3 is 29.8 Å². The Bertz CT molecular complexity index is 4340. The van der Waals surface area contributed by atoms with Crippen LogP contribution in [0, 0.1) is 25.5 Å². The van der Waals surface area contributed by atoms with Crippen LogP contribution in [0.5, 0.6) is 11.8 Å². The van der Waals surface area contributed by atoms with Crippen LogP contribution in [0.2, 0.25) is 0 Å². The van der Waals surface area contributed by atoms with Gasteiger partial charge >= 0.3 is 42.1 Å². The molecule has 90 heavy (non-hydrogen) atoms. The minimum Gasteiger partial charge on any atom is -0.493 e. The van der Waals surface area contributed by atoms with Crippen molar-refractivity contribution < 1.29 is 52.3 Å². The van der Waals surface area contributed by atoms with Crippen LogP contribution in [0.3, 0.4) is 0 Å². The number of hydrogen-bond donors (Lipinski definition) is 2. The zero-order chi connectivity index (χ0) is 59.4. The van der Waals surface area contributed by atoms with Crippen LogP contribution < -0.4 is 19.6 Å². The normalized spacial score (nSPS) is 11.7. The first kappa shape index (κ1) is 61.0. The van der Waals surface area contributed by atoms with Crippen LogP contribution in [-0.4, -0.2) is 40.1 Å². The van der Waals surface area contributed by atoms with Crippen molar-refractivity contribution in [2.75, 3.05) is 19.6 Å². The van der Waals surface area contributed by atoms with Gasteiger partial charge in [0.05, 0.1) is 11.4 Å². The molecule has 0 atom stereocenters. The molecule has 6 heterocycles. The van der Waals surface area contributed by atoms with Gasteiger partial charge in [0.15, 0.2) is 0 Å². The topological polar surface area (TPSA) is 131 Å². The molecule has 14 aromatic rings. The number of pyridine rings is 2. The van der Waals surface area contributed by atoms with Crippen molar-refractivity contribution >= 4 is 67.6 Å². The van der Waals surface area contributed by atoms with Gasteiger partial charge in [-0.05, 0) is 59.7 Å². The van der Waals surface area contributed by atoms with E-state index in [0.717, 1.165) is 102 Å². The summed E-state index contributed by atoms with van der Waals surface area (Å²) in [6.07, 6.45) is 6.87. The van der Waals surface area contributed by atoms with E-state index in [1.807, 2.05) is 239 Å². The number of anilines is 8. The maximum Gasteiger partial charge on any atom is 2.00 e. The van der Waals surface area contributed by atoms with Gasteiger partial charge in [0.2, 0.25) is 11.8 Å². The quantitative estimate of drug-likeness (QED) is 0.140. The zero-order valence-corrected chi connectivity index (χ0v) is 52.6. The summed E-state index contributed by atoms with van der Waals surface area (Å²) in [5, 5.41) is 24.7. The molecule has 0 saturated heterocycles. The van der Waals surface area contributed by atoms with Crippen LogP contribution in [0.1, 0.15) is 0 Å². The molecule has 14 heteroatoms. The molecule has 0 radical (unpaired) electrons. The Hall–Kier alpha value is -10.6. The van der Waals surface area contributed by atoms with Gasteiger partial charge in [0.1, 0.15) is 23.3 Å². The van der Waals surface area contributed by atoms with E-state index in [1.54, 1.807) is 24.8 Å². The van der Waals surface area contributed by atoms with Crippen molar-refractivity contribution in [3.63, 3.8) is 0 Å². The predicted molar refractivity (Wildman–Crippen MR) is 353 cm³/mol. The third-order valence-electron chi connectivity index (χ3n) is 14.6. The number of benzene rings is 10. The van der Waals surface area contributed by atoms with Crippen molar-refractivity contribution in [3.05, 3.63) is 329 Å². The fourth-order valence-corrected chi connectivity index (χ4v) is 10.3. The average Bonchev–Trinajstić information content (AvgIpc) is 2.68. The number of para-hydroxylation sites is 2. The fourth-order valence-electron chi connectivity index (χ4n) is 10.3. The summed E-state index contributed by atoms with van der Waals surface area (Å²) in [5.41, 5.74) is 11.0. The van der Waals surface area contributed by atoms with Crippen LogP contribution in [0.25, 0.3) is 66.3 Å². The fraction of sp³-hybridized carbons (Fsp3) is 0. The summed E-state index contributed by atoms with van der Waals surface area (Å²) in [5.74, 6) is 3.36.